The predicted octanol–water partition coefficient (Wildman–Crippen LogP) is 2.16. The number of nitrogens with zero attached hydrogens (tertiary/aromatic N) is 1. The van der Waals surface area contributed by atoms with Crippen molar-refractivity contribution in [3.8, 4) is 0 Å². The zero-order chi connectivity index (χ0) is 10.1. The standard InChI is InChI=1S/C10H17NO2/c1-5-8-11-9(12)7(13-8)6-10(2,3)4/h7H,5-6H2,1-4H3. The minimum atomic E-state index is -0.338. The highest BCUT2D eigenvalue weighted by Gasteiger charge is 2.31. The van der Waals surface area contributed by atoms with Crippen molar-refractivity contribution >= 4 is 11.8 Å². The van der Waals surface area contributed by atoms with Gasteiger partial charge in [0.2, 0.25) is 0 Å². The zero-order valence-corrected chi connectivity index (χ0v) is 8.76. The fourth-order valence-corrected chi connectivity index (χ4v) is 1.28. The molecule has 0 aromatic rings. The largest absolute Gasteiger partial charge is 0.467 e. The number of amides is 1. The molecule has 74 valence electrons. The average Bonchev–Trinajstić information content (AvgIpc) is 2.29. The molecule has 1 amide bonds. The molecule has 0 spiro atoms. The van der Waals surface area contributed by atoms with Gasteiger partial charge in [-0.3, -0.25) is 4.79 Å². The number of carbonyl (C=O) groups excluding carboxylic acids is 1. The summed E-state index contributed by atoms with van der Waals surface area (Å²) in [5.41, 5.74) is 0.110. The summed E-state index contributed by atoms with van der Waals surface area (Å²) >= 11 is 0. The van der Waals surface area contributed by atoms with Gasteiger partial charge in [-0.05, 0) is 11.8 Å². The molecule has 13 heavy (non-hydrogen) atoms. The van der Waals surface area contributed by atoms with Crippen LogP contribution in [0.1, 0.15) is 40.5 Å². The minimum Gasteiger partial charge on any atom is -0.467 e. The smallest absolute Gasteiger partial charge is 0.289 e. The first-order chi connectivity index (χ1) is 5.92. The van der Waals surface area contributed by atoms with E-state index in [0.29, 0.717) is 12.3 Å². The number of rotatable bonds is 2. The molecule has 0 saturated carbocycles. The average molecular weight is 183 g/mol. The van der Waals surface area contributed by atoms with E-state index in [9.17, 15) is 4.79 Å². The van der Waals surface area contributed by atoms with Gasteiger partial charge in [0.1, 0.15) is 0 Å². The fourth-order valence-electron chi connectivity index (χ4n) is 1.28. The third-order valence-electron chi connectivity index (χ3n) is 1.89. The first kappa shape index (κ1) is 10.2. The van der Waals surface area contributed by atoms with Crippen LogP contribution in [0.5, 0.6) is 0 Å². The second-order valence-corrected chi connectivity index (χ2v) is 4.57. The lowest BCUT2D eigenvalue weighted by atomic mass is 9.89. The lowest BCUT2D eigenvalue weighted by Crippen LogP contribution is -2.24. The Morgan fingerprint density at radius 1 is 1.46 bits per heavy atom. The van der Waals surface area contributed by atoms with Gasteiger partial charge in [0.25, 0.3) is 5.91 Å². The molecular formula is C10H17NO2. The van der Waals surface area contributed by atoms with Gasteiger partial charge >= 0.3 is 0 Å². The van der Waals surface area contributed by atoms with Crippen LogP contribution in [0.3, 0.4) is 0 Å². The van der Waals surface area contributed by atoms with Gasteiger partial charge < -0.3 is 4.74 Å². The van der Waals surface area contributed by atoms with Crippen molar-refractivity contribution in [1.82, 2.24) is 0 Å². The summed E-state index contributed by atoms with van der Waals surface area (Å²) in [5.74, 6) is 0.464. The first-order valence-corrected chi connectivity index (χ1v) is 4.70. The molecule has 0 aromatic heterocycles. The molecule has 1 rings (SSSR count). The van der Waals surface area contributed by atoms with E-state index in [1.807, 2.05) is 6.92 Å². The van der Waals surface area contributed by atoms with E-state index < -0.39 is 0 Å². The van der Waals surface area contributed by atoms with Gasteiger partial charge in [-0.2, -0.15) is 4.99 Å². The Morgan fingerprint density at radius 3 is 2.46 bits per heavy atom. The molecule has 3 nitrogen and oxygen atoms in total. The SMILES string of the molecule is CCC1=NC(=O)C(CC(C)(C)C)O1. The second kappa shape index (κ2) is 3.48. The molecule has 1 aliphatic heterocycles. The Bertz CT molecular complexity index is 238. The van der Waals surface area contributed by atoms with E-state index in [2.05, 4.69) is 25.8 Å². The van der Waals surface area contributed by atoms with Crippen LogP contribution < -0.4 is 0 Å². The topological polar surface area (TPSA) is 38.7 Å². The van der Waals surface area contributed by atoms with Gasteiger partial charge in [0.05, 0.1) is 0 Å². The maximum Gasteiger partial charge on any atom is 0.289 e. The van der Waals surface area contributed by atoms with Crippen molar-refractivity contribution < 1.29 is 9.53 Å². The molecule has 0 fully saturated rings. The molecule has 1 unspecified atom stereocenters. The molecule has 1 atom stereocenters. The molecule has 0 bridgehead atoms. The van der Waals surface area contributed by atoms with Crippen LogP contribution in [-0.2, 0) is 9.53 Å². The van der Waals surface area contributed by atoms with Crippen LogP contribution in [-0.4, -0.2) is 17.9 Å². The predicted molar refractivity (Wildman–Crippen MR) is 51.7 cm³/mol. The Morgan fingerprint density at radius 2 is 2.08 bits per heavy atom. The first-order valence-electron chi connectivity index (χ1n) is 4.70. The van der Waals surface area contributed by atoms with Gasteiger partial charge in [-0.1, -0.05) is 27.7 Å². The summed E-state index contributed by atoms with van der Waals surface area (Å²) < 4.78 is 5.40. The minimum absolute atomic E-state index is 0.110. The van der Waals surface area contributed by atoms with Crippen molar-refractivity contribution in [2.75, 3.05) is 0 Å². The lowest BCUT2D eigenvalue weighted by Gasteiger charge is -2.21. The summed E-state index contributed by atoms with van der Waals surface area (Å²) in [6, 6.07) is 0. The van der Waals surface area contributed by atoms with Gasteiger partial charge in [-0.25, -0.2) is 0 Å². The van der Waals surface area contributed by atoms with Crippen LogP contribution in [0, 0.1) is 5.41 Å². The molecule has 0 aromatic carbocycles. The zero-order valence-electron chi connectivity index (χ0n) is 8.76. The second-order valence-electron chi connectivity index (χ2n) is 4.57. The van der Waals surface area contributed by atoms with Crippen molar-refractivity contribution in [2.45, 2.75) is 46.6 Å². The highest BCUT2D eigenvalue weighted by molar-refractivity contribution is 5.99. The molecule has 3 heteroatoms. The Kier molecular flexibility index (Phi) is 2.74. The number of ether oxygens (including phenoxy) is 1. The van der Waals surface area contributed by atoms with Crippen LogP contribution in [0.15, 0.2) is 4.99 Å². The van der Waals surface area contributed by atoms with Gasteiger partial charge in [0.15, 0.2) is 12.0 Å². The van der Waals surface area contributed by atoms with Crippen LogP contribution >= 0.6 is 0 Å². The lowest BCUT2D eigenvalue weighted by molar-refractivity contribution is -0.123. The molecule has 0 N–H and O–H groups in total. The molecule has 0 aliphatic carbocycles. The van der Waals surface area contributed by atoms with E-state index in [-0.39, 0.29) is 17.4 Å². The summed E-state index contributed by atoms with van der Waals surface area (Å²) in [6.45, 7) is 8.21. The molecule has 1 aliphatic rings. The van der Waals surface area contributed by atoms with E-state index >= 15 is 0 Å². The normalized spacial score (nSPS) is 22.9. The number of hydrogen-bond donors (Lipinski definition) is 0. The molecule has 1 heterocycles. The molecular weight excluding hydrogens is 166 g/mol. The van der Waals surface area contributed by atoms with Gasteiger partial charge in [-0.15, -0.1) is 0 Å². The van der Waals surface area contributed by atoms with E-state index in [4.69, 9.17) is 4.74 Å². The summed E-state index contributed by atoms with van der Waals surface area (Å²) in [7, 11) is 0. The molecule has 0 saturated heterocycles. The highest BCUT2D eigenvalue weighted by atomic mass is 16.5. The van der Waals surface area contributed by atoms with Crippen molar-refractivity contribution in [2.24, 2.45) is 10.4 Å². The van der Waals surface area contributed by atoms with E-state index in [1.54, 1.807) is 0 Å². The van der Waals surface area contributed by atoms with Crippen LogP contribution in [0.4, 0.5) is 0 Å². The Labute approximate surface area is 79.2 Å². The third-order valence-corrected chi connectivity index (χ3v) is 1.89. The molecule has 0 radical (unpaired) electrons. The maximum absolute atomic E-state index is 11.3. The van der Waals surface area contributed by atoms with E-state index in [0.717, 1.165) is 6.42 Å². The Balaban J connectivity index is 2.54. The van der Waals surface area contributed by atoms with E-state index in [1.165, 1.54) is 0 Å². The Hall–Kier alpha value is -0.860. The summed E-state index contributed by atoms with van der Waals surface area (Å²) in [4.78, 5) is 15.1. The van der Waals surface area contributed by atoms with Crippen molar-refractivity contribution in [3.05, 3.63) is 0 Å². The third kappa shape index (κ3) is 2.83. The van der Waals surface area contributed by atoms with Crippen molar-refractivity contribution in [1.29, 1.82) is 0 Å². The number of hydrogen-bond acceptors (Lipinski definition) is 2. The summed E-state index contributed by atoms with van der Waals surface area (Å²) in [6.07, 6.45) is 1.10. The quantitative estimate of drug-likeness (QED) is 0.658. The maximum atomic E-state index is 11.3. The highest BCUT2D eigenvalue weighted by Crippen LogP contribution is 2.25. The monoisotopic (exact) mass is 183 g/mol. The summed E-state index contributed by atoms with van der Waals surface area (Å²) in [5, 5.41) is 0. The van der Waals surface area contributed by atoms with Crippen LogP contribution in [0.2, 0.25) is 0 Å². The fraction of sp³-hybridized carbons (Fsp3) is 0.800. The van der Waals surface area contributed by atoms with Crippen molar-refractivity contribution in [3.63, 3.8) is 0 Å². The number of aliphatic imine (C=N–C) groups is 1. The van der Waals surface area contributed by atoms with Gasteiger partial charge in [0, 0.05) is 6.42 Å². The van der Waals surface area contributed by atoms with Crippen LogP contribution in [0.25, 0.3) is 0 Å². The number of carbonyl (C=O) groups is 1.